The summed E-state index contributed by atoms with van der Waals surface area (Å²) < 4.78 is 0. The van der Waals surface area contributed by atoms with Gasteiger partial charge in [-0.25, -0.2) is 9.97 Å². The molecule has 0 spiro atoms. The summed E-state index contributed by atoms with van der Waals surface area (Å²) in [5.41, 5.74) is 2.36. The fourth-order valence-electron chi connectivity index (χ4n) is 1.28. The third-order valence-corrected chi connectivity index (χ3v) is 4.41. The molecule has 2 aromatic heterocycles. The van der Waals surface area contributed by atoms with Crippen LogP contribution in [0.15, 0.2) is 10.8 Å². The molecule has 0 unspecified atom stereocenters. The summed E-state index contributed by atoms with van der Waals surface area (Å²) in [5, 5.41) is 6.63. The van der Waals surface area contributed by atoms with E-state index in [0.29, 0.717) is 11.8 Å². The minimum atomic E-state index is 0.579. The highest BCUT2D eigenvalue weighted by Crippen LogP contribution is 2.18. The van der Waals surface area contributed by atoms with Crippen LogP contribution in [0.3, 0.4) is 0 Å². The SMILES string of the molecule is Cc1csc(C(C)C)n1.Cc1nc(C(C)C)cs1. The number of thiazole rings is 2. The molecule has 0 saturated carbocycles. The molecule has 2 nitrogen and oxygen atoms in total. The maximum absolute atomic E-state index is 4.33. The fourth-order valence-corrected chi connectivity index (χ4v) is 2.87. The van der Waals surface area contributed by atoms with Crippen molar-refractivity contribution in [3.63, 3.8) is 0 Å². The van der Waals surface area contributed by atoms with E-state index in [1.807, 2.05) is 13.8 Å². The van der Waals surface area contributed by atoms with Crippen molar-refractivity contribution in [2.24, 2.45) is 0 Å². The Balaban J connectivity index is 0.000000180. The van der Waals surface area contributed by atoms with Crippen LogP contribution >= 0.6 is 22.7 Å². The lowest BCUT2D eigenvalue weighted by atomic mass is 10.2. The lowest BCUT2D eigenvalue weighted by Crippen LogP contribution is -1.85. The van der Waals surface area contributed by atoms with Gasteiger partial charge < -0.3 is 0 Å². The standard InChI is InChI=1S/2C7H11NS/c1-5(2)7-4-9-6(3)8-7;1-5(2)7-8-6(3)4-9-7/h2*4-5H,1-3H3. The Morgan fingerprint density at radius 1 is 0.889 bits per heavy atom. The highest BCUT2D eigenvalue weighted by Gasteiger charge is 2.01. The lowest BCUT2D eigenvalue weighted by Gasteiger charge is -1.95. The van der Waals surface area contributed by atoms with Crippen molar-refractivity contribution in [3.8, 4) is 0 Å². The minimum Gasteiger partial charge on any atom is -0.246 e. The third-order valence-electron chi connectivity index (χ3n) is 2.36. The molecule has 0 fully saturated rings. The van der Waals surface area contributed by atoms with Gasteiger partial charge in [0.15, 0.2) is 0 Å². The van der Waals surface area contributed by atoms with E-state index in [2.05, 4.69) is 48.4 Å². The molecule has 0 radical (unpaired) electrons. The van der Waals surface area contributed by atoms with Gasteiger partial charge in [0.2, 0.25) is 0 Å². The van der Waals surface area contributed by atoms with Crippen LogP contribution in [0, 0.1) is 13.8 Å². The second kappa shape index (κ2) is 7.00. The van der Waals surface area contributed by atoms with Crippen molar-refractivity contribution in [1.29, 1.82) is 0 Å². The van der Waals surface area contributed by atoms with Gasteiger partial charge >= 0.3 is 0 Å². The zero-order valence-electron chi connectivity index (χ0n) is 12.0. The normalized spacial score (nSPS) is 10.7. The van der Waals surface area contributed by atoms with E-state index in [0.717, 1.165) is 5.69 Å². The zero-order valence-corrected chi connectivity index (χ0v) is 13.7. The molecule has 0 amide bonds. The number of aromatic nitrogens is 2. The number of nitrogens with zero attached hydrogens (tertiary/aromatic N) is 2. The van der Waals surface area contributed by atoms with Crippen molar-refractivity contribution in [2.45, 2.75) is 53.4 Å². The average Bonchev–Trinajstić information content (AvgIpc) is 2.88. The summed E-state index contributed by atoms with van der Waals surface area (Å²) in [4.78, 5) is 8.66. The molecule has 0 N–H and O–H groups in total. The van der Waals surface area contributed by atoms with E-state index in [4.69, 9.17) is 0 Å². The number of hydrogen-bond donors (Lipinski definition) is 0. The van der Waals surface area contributed by atoms with Crippen LogP contribution in [0.2, 0.25) is 0 Å². The van der Waals surface area contributed by atoms with Gasteiger partial charge in [-0.1, -0.05) is 27.7 Å². The van der Waals surface area contributed by atoms with Crippen LogP contribution in [0.5, 0.6) is 0 Å². The molecule has 0 atom stereocenters. The molecule has 0 aliphatic rings. The zero-order chi connectivity index (χ0) is 13.7. The van der Waals surface area contributed by atoms with Gasteiger partial charge in [-0.2, -0.15) is 0 Å². The van der Waals surface area contributed by atoms with Crippen LogP contribution in [-0.4, -0.2) is 9.97 Å². The van der Waals surface area contributed by atoms with E-state index < -0.39 is 0 Å². The van der Waals surface area contributed by atoms with Gasteiger partial charge in [-0.3, -0.25) is 0 Å². The van der Waals surface area contributed by atoms with Crippen LogP contribution in [0.4, 0.5) is 0 Å². The van der Waals surface area contributed by atoms with Crippen molar-refractivity contribution in [3.05, 3.63) is 32.2 Å². The van der Waals surface area contributed by atoms with Gasteiger partial charge in [-0.15, -0.1) is 22.7 Å². The quantitative estimate of drug-likeness (QED) is 0.761. The fraction of sp³-hybridized carbons (Fsp3) is 0.571. The predicted molar refractivity (Wildman–Crippen MR) is 81.9 cm³/mol. The van der Waals surface area contributed by atoms with Crippen molar-refractivity contribution in [1.82, 2.24) is 9.97 Å². The van der Waals surface area contributed by atoms with E-state index in [1.165, 1.54) is 15.7 Å². The molecule has 18 heavy (non-hydrogen) atoms. The Morgan fingerprint density at radius 2 is 1.56 bits per heavy atom. The third kappa shape index (κ3) is 4.86. The second-order valence-corrected chi connectivity index (χ2v) is 6.88. The molecule has 4 heteroatoms. The number of rotatable bonds is 2. The Kier molecular flexibility index (Phi) is 5.96. The molecule has 2 heterocycles. The molecule has 0 aliphatic heterocycles. The molecule has 0 aliphatic carbocycles. The van der Waals surface area contributed by atoms with Gasteiger partial charge in [-0.05, 0) is 19.8 Å². The Hall–Kier alpha value is -0.740. The number of aryl methyl sites for hydroxylation is 2. The molecule has 100 valence electrons. The monoisotopic (exact) mass is 282 g/mol. The molecular weight excluding hydrogens is 260 g/mol. The molecule has 0 bridgehead atoms. The molecule has 2 rings (SSSR count). The molecule has 0 saturated heterocycles. The first kappa shape index (κ1) is 15.3. The summed E-state index contributed by atoms with van der Waals surface area (Å²) in [6, 6.07) is 0. The van der Waals surface area contributed by atoms with Crippen molar-refractivity contribution >= 4 is 22.7 Å². The summed E-state index contributed by atoms with van der Waals surface area (Å²) in [6.45, 7) is 12.7. The van der Waals surface area contributed by atoms with Gasteiger partial charge in [0.1, 0.15) is 0 Å². The van der Waals surface area contributed by atoms with Gasteiger partial charge in [0.25, 0.3) is 0 Å². The van der Waals surface area contributed by atoms with E-state index in [9.17, 15) is 0 Å². The topological polar surface area (TPSA) is 25.8 Å². The summed E-state index contributed by atoms with van der Waals surface area (Å²) in [6.07, 6.45) is 0. The van der Waals surface area contributed by atoms with Gasteiger partial charge in [0.05, 0.1) is 15.7 Å². The van der Waals surface area contributed by atoms with Crippen molar-refractivity contribution in [2.75, 3.05) is 0 Å². The van der Waals surface area contributed by atoms with Gasteiger partial charge in [0, 0.05) is 22.4 Å². The molecular formula is C14H22N2S2. The van der Waals surface area contributed by atoms with Crippen LogP contribution in [0.1, 0.15) is 60.9 Å². The van der Waals surface area contributed by atoms with Crippen LogP contribution in [-0.2, 0) is 0 Å². The maximum Gasteiger partial charge on any atom is 0.0953 e. The Bertz CT molecular complexity index is 425. The second-order valence-electron chi connectivity index (χ2n) is 4.93. The van der Waals surface area contributed by atoms with Crippen molar-refractivity contribution < 1.29 is 0 Å². The maximum atomic E-state index is 4.33. The van der Waals surface area contributed by atoms with Crippen LogP contribution in [0.25, 0.3) is 0 Å². The van der Waals surface area contributed by atoms with E-state index in [-0.39, 0.29) is 0 Å². The average molecular weight is 282 g/mol. The largest absolute Gasteiger partial charge is 0.246 e. The minimum absolute atomic E-state index is 0.579. The summed E-state index contributed by atoms with van der Waals surface area (Å²) in [5.74, 6) is 1.17. The molecule has 2 aromatic rings. The van der Waals surface area contributed by atoms with E-state index >= 15 is 0 Å². The Labute approximate surface area is 118 Å². The summed E-state index contributed by atoms with van der Waals surface area (Å²) in [7, 11) is 0. The Morgan fingerprint density at radius 3 is 1.78 bits per heavy atom. The van der Waals surface area contributed by atoms with Crippen LogP contribution < -0.4 is 0 Å². The first-order chi connectivity index (χ1) is 8.40. The summed E-state index contributed by atoms with van der Waals surface area (Å²) >= 11 is 3.47. The van der Waals surface area contributed by atoms with E-state index in [1.54, 1.807) is 22.7 Å². The number of hydrogen-bond acceptors (Lipinski definition) is 4. The predicted octanol–water partition coefficient (Wildman–Crippen LogP) is 5.15. The lowest BCUT2D eigenvalue weighted by molar-refractivity contribution is 0.829. The first-order valence-corrected chi connectivity index (χ1v) is 8.00. The smallest absolute Gasteiger partial charge is 0.0953 e. The highest BCUT2D eigenvalue weighted by atomic mass is 32.1. The molecule has 0 aromatic carbocycles. The first-order valence-electron chi connectivity index (χ1n) is 6.24. The highest BCUT2D eigenvalue weighted by molar-refractivity contribution is 7.09.